The minimum absolute atomic E-state index is 0. The Labute approximate surface area is 166 Å². The standard InChI is InChI=1S/C19H20F4N4.ClH/c1-11-14(13-3-2-12(8-15(13)20)19(21,22)23)10-25-17(26-11)27-16-9-18(16)4-6-24-7-5-18;/h2-3,8,10,16,24H,4-7,9H2,1H3,(H,25,26,27);1H. The summed E-state index contributed by atoms with van der Waals surface area (Å²) in [7, 11) is 0. The summed E-state index contributed by atoms with van der Waals surface area (Å²) in [6.07, 6.45) is 0.227. The monoisotopic (exact) mass is 416 g/mol. The zero-order valence-corrected chi connectivity index (χ0v) is 16.1. The van der Waals surface area contributed by atoms with Crippen LogP contribution in [0, 0.1) is 18.2 Å². The molecule has 1 atom stereocenters. The first-order valence-corrected chi connectivity index (χ1v) is 8.97. The van der Waals surface area contributed by atoms with Crippen molar-refractivity contribution < 1.29 is 17.6 Å². The molecule has 2 heterocycles. The topological polar surface area (TPSA) is 49.8 Å². The lowest BCUT2D eigenvalue weighted by molar-refractivity contribution is -0.137. The van der Waals surface area contributed by atoms with Gasteiger partial charge in [-0.25, -0.2) is 14.4 Å². The molecule has 2 fully saturated rings. The molecule has 1 spiro atoms. The molecule has 2 N–H and O–H groups in total. The van der Waals surface area contributed by atoms with Gasteiger partial charge in [-0.05, 0) is 56.8 Å². The highest BCUT2D eigenvalue weighted by molar-refractivity contribution is 5.85. The normalized spacial score (nSPS) is 20.5. The molecule has 1 saturated carbocycles. The average molecular weight is 417 g/mol. The first-order chi connectivity index (χ1) is 12.8. The van der Waals surface area contributed by atoms with Gasteiger partial charge in [0.15, 0.2) is 0 Å². The first kappa shape index (κ1) is 20.8. The molecule has 0 radical (unpaired) electrons. The van der Waals surface area contributed by atoms with Crippen LogP contribution in [0.2, 0.25) is 0 Å². The molecule has 1 aromatic heterocycles. The van der Waals surface area contributed by atoms with Gasteiger partial charge < -0.3 is 10.6 Å². The van der Waals surface area contributed by atoms with E-state index in [0.29, 0.717) is 34.7 Å². The van der Waals surface area contributed by atoms with Crippen LogP contribution in [0.5, 0.6) is 0 Å². The average Bonchev–Trinajstić information content (AvgIpc) is 3.26. The second-order valence-corrected chi connectivity index (χ2v) is 7.40. The van der Waals surface area contributed by atoms with Crippen LogP contribution in [0.4, 0.5) is 23.5 Å². The maximum absolute atomic E-state index is 14.2. The molecule has 2 aromatic rings. The zero-order chi connectivity index (χ0) is 19.2. The largest absolute Gasteiger partial charge is 0.416 e. The minimum Gasteiger partial charge on any atom is -0.351 e. The first-order valence-electron chi connectivity index (χ1n) is 8.97. The summed E-state index contributed by atoms with van der Waals surface area (Å²) in [6, 6.07) is 2.84. The van der Waals surface area contributed by atoms with Crippen LogP contribution in [0.15, 0.2) is 24.4 Å². The van der Waals surface area contributed by atoms with E-state index in [9.17, 15) is 17.6 Å². The molecular weight excluding hydrogens is 396 g/mol. The lowest BCUT2D eigenvalue weighted by Gasteiger charge is -2.23. The van der Waals surface area contributed by atoms with Gasteiger partial charge >= 0.3 is 6.18 Å². The number of aryl methyl sites for hydroxylation is 1. The molecular formula is C19H21ClF4N4. The van der Waals surface area contributed by atoms with Gasteiger partial charge in [0.2, 0.25) is 5.95 Å². The van der Waals surface area contributed by atoms with Crippen LogP contribution in [-0.2, 0) is 6.18 Å². The number of rotatable bonds is 3. The summed E-state index contributed by atoms with van der Waals surface area (Å²) in [5.41, 5.74) is 0.279. The van der Waals surface area contributed by atoms with Crippen molar-refractivity contribution in [3.63, 3.8) is 0 Å². The number of nitrogens with zero attached hydrogens (tertiary/aromatic N) is 2. The van der Waals surface area contributed by atoms with E-state index in [4.69, 9.17) is 0 Å². The molecule has 28 heavy (non-hydrogen) atoms. The van der Waals surface area contributed by atoms with Gasteiger partial charge in [-0.3, -0.25) is 0 Å². The Kier molecular flexibility index (Phi) is 5.55. The van der Waals surface area contributed by atoms with Crippen molar-refractivity contribution in [2.75, 3.05) is 18.4 Å². The van der Waals surface area contributed by atoms with Gasteiger partial charge in [0.25, 0.3) is 0 Å². The van der Waals surface area contributed by atoms with Crippen LogP contribution in [0.3, 0.4) is 0 Å². The van der Waals surface area contributed by atoms with E-state index in [1.807, 2.05) is 0 Å². The van der Waals surface area contributed by atoms with Crippen molar-refractivity contribution in [1.29, 1.82) is 0 Å². The smallest absolute Gasteiger partial charge is 0.351 e. The SMILES string of the molecule is Cc1nc(NC2CC23CCNCC3)ncc1-c1ccc(C(F)(F)F)cc1F.Cl. The third kappa shape index (κ3) is 3.93. The number of halogens is 5. The molecule has 1 saturated heterocycles. The summed E-state index contributed by atoms with van der Waals surface area (Å²) in [4.78, 5) is 8.65. The van der Waals surface area contributed by atoms with Crippen molar-refractivity contribution >= 4 is 18.4 Å². The lowest BCUT2D eigenvalue weighted by atomic mass is 9.94. The molecule has 1 aliphatic heterocycles. The molecule has 152 valence electrons. The summed E-state index contributed by atoms with van der Waals surface area (Å²) >= 11 is 0. The Hall–Kier alpha value is -1.93. The molecule has 0 amide bonds. The van der Waals surface area contributed by atoms with Crippen LogP contribution < -0.4 is 10.6 Å². The van der Waals surface area contributed by atoms with Crippen LogP contribution in [0.1, 0.15) is 30.5 Å². The number of benzene rings is 1. The van der Waals surface area contributed by atoms with E-state index in [1.54, 1.807) is 6.92 Å². The maximum atomic E-state index is 14.2. The van der Waals surface area contributed by atoms with Gasteiger partial charge in [0, 0.05) is 23.4 Å². The number of nitrogens with one attached hydrogen (secondary N) is 2. The van der Waals surface area contributed by atoms with Gasteiger partial charge in [0.1, 0.15) is 5.82 Å². The van der Waals surface area contributed by atoms with E-state index in [0.717, 1.165) is 44.5 Å². The van der Waals surface area contributed by atoms with E-state index in [1.165, 1.54) is 6.20 Å². The van der Waals surface area contributed by atoms with Crippen LogP contribution >= 0.6 is 12.4 Å². The summed E-state index contributed by atoms with van der Waals surface area (Å²) in [6.45, 7) is 3.74. The fourth-order valence-corrected chi connectivity index (χ4v) is 3.90. The second kappa shape index (κ2) is 7.48. The highest BCUT2D eigenvalue weighted by Crippen LogP contribution is 2.53. The fraction of sp³-hybridized carbons (Fsp3) is 0.474. The van der Waals surface area contributed by atoms with Gasteiger partial charge in [0.05, 0.1) is 11.3 Å². The Bertz CT molecular complexity index is 865. The van der Waals surface area contributed by atoms with Crippen molar-refractivity contribution in [1.82, 2.24) is 15.3 Å². The maximum Gasteiger partial charge on any atom is 0.416 e. The van der Waals surface area contributed by atoms with Gasteiger partial charge in [-0.1, -0.05) is 6.07 Å². The third-order valence-electron chi connectivity index (χ3n) is 5.66. The number of piperidine rings is 1. The number of aromatic nitrogens is 2. The van der Waals surface area contributed by atoms with Crippen molar-refractivity contribution in [3.05, 3.63) is 41.5 Å². The quantitative estimate of drug-likeness (QED) is 0.719. The molecule has 1 aromatic carbocycles. The Morgan fingerprint density at radius 1 is 1.18 bits per heavy atom. The minimum atomic E-state index is -4.58. The second-order valence-electron chi connectivity index (χ2n) is 7.40. The molecule has 4 nitrogen and oxygen atoms in total. The summed E-state index contributed by atoms with van der Waals surface area (Å²) in [5, 5.41) is 6.70. The highest BCUT2D eigenvalue weighted by Gasteiger charge is 2.54. The summed E-state index contributed by atoms with van der Waals surface area (Å²) in [5.74, 6) is -0.461. The molecule has 0 bridgehead atoms. The molecule has 2 aliphatic rings. The van der Waals surface area contributed by atoms with Gasteiger partial charge in [-0.15, -0.1) is 12.4 Å². The highest BCUT2D eigenvalue weighted by atomic mass is 35.5. The van der Waals surface area contributed by atoms with E-state index in [2.05, 4.69) is 20.6 Å². The number of hydrogen-bond donors (Lipinski definition) is 2. The van der Waals surface area contributed by atoms with E-state index in [-0.39, 0.29) is 18.0 Å². The van der Waals surface area contributed by atoms with Crippen LogP contribution in [-0.4, -0.2) is 29.1 Å². The number of alkyl halides is 3. The van der Waals surface area contributed by atoms with Crippen molar-refractivity contribution in [3.8, 4) is 11.1 Å². The van der Waals surface area contributed by atoms with E-state index >= 15 is 0 Å². The van der Waals surface area contributed by atoms with Crippen LogP contribution in [0.25, 0.3) is 11.1 Å². The lowest BCUT2D eigenvalue weighted by Crippen LogP contribution is -2.32. The van der Waals surface area contributed by atoms with Crippen molar-refractivity contribution in [2.45, 2.75) is 38.4 Å². The number of anilines is 1. The molecule has 9 heteroatoms. The zero-order valence-electron chi connectivity index (χ0n) is 15.2. The number of hydrogen-bond acceptors (Lipinski definition) is 4. The Balaban J connectivity index is 0.00000225. The third-order valence-corrected chi connectivity index (χ3v) is 5.66. The van der Waals surface area contributed by atoms with Gasteiger partial charge in [-0.2, -0.15) is 13.2 Å². The predicted molar refractivity (Wildman–Crippen MR) is 101 cm³/mol. The molecule has 4 rings (SSSR count). The predicted octanol–water partition coefficient (Wildman–Crippen LogP) is 4.59. The fourth-order valence-electron chi connectivity index (χ4n) is 3.90. The molecule has 1 unspecified atom stereocenters. The Morgan fingerprint density at radius 2 is 1.89 bits per heavy atom. The molecule has 1 aliphatic carbocycles. The summed E-state index contributed by atoms with van der Waals surface area (Å²) < 4.78 is 52.4. The Morgan fingerprint density at radius 3 is 2.50 bits per heavy atom. The van der Waals surface area contributed by atoms with E-state index < -0.39 is 17.6 Å². The van der Waals surface area contributed by atoms with Crippen molar-refractivity contribution in [2.24, 2.45) is 5.41 Å².